The molecule has 0 bridgehead atoms. The first kappa shape index (κ1) is 13.1. The van der Waals surface area contributed by atoms with Gasteiger partial charge in [-0.25, -0.2) is 0 Å². The smallest absolute Gasteiger partial charge is 0.249 e. The van der Waals surface area contributed by atoms with Gasteiger partial charge in [0.05, 0.1) is 6.26 Å². The Hall–Kier alpha value is -1.33. The van der Waals surface area contributed by atoms with Crippen molar-refractivity contribution >= 4 is 5.91 Å². The summed E-state index contributed by atoms with van der Waals surface area (Å²) in [6, 6.07) is 3.33. The van der Waals surface area contributed by atoms with Crippen LogP contribution in [-0.2, 0) is 9.53 Å². The van der Waals surface area contributed by atoms with Crippen molar-refractivity contribution in [2.75, 3.05) is 6.61 Å². The summed E-state index contributed by atoms with van der Waals surface area (Å²) in [7, 11) is 0. The number of ether oxygens (including phenoxy) is 1. The SMILES string of the molecule is CC(CC(O)c1ccco1)NC(=O)C1CCCO1. The molecule has 2 heterocycles. The van der Waals surface area contributed by atoms with Crippen molar-refractivity contribution in [1.82, 2.24) is 5.32 Å². The molecule has 0 radical (unpaired) electrons. The van der Waals surface area contributed by atoms with E-state index in [1.807, 2.05) is 6.92 Å². The van der Waals surface area contributed by atoms with Crippen molar-refractivity contribution in [3.05, 3.63) is 24.2 Å². The molecule has 0 aromatic carbocycles. The molecule has 1 aliphatic rings. The molecule has 18 heavy (non-hydrogen) atoms. The molecular weight excluding hydrogens is 234 g/mol. The molecule has 100 valence electrons. The molecule has 0 aliphatic carbocycles. The summed E-state index contributed by atoms with van der Waals surface area (Å²) in [5, 5.41) is 12.7. The third-order valence-electron chi connectivity index (χ3n) is 3.06. The summed E-state index contributed by atoms with van der Waals surface area (Å²) in [5.41, 5.74) is 0. The van der Waals surface area contributed by atoms with Crippen LogP contribution in [0.25, 0.3) is 0 Å². The zero-order valence-electron chi connectivity index (χ0n) is 10.5. The number of furan rings is 1. The van der Waals surface area contributed by atoms with Gasteiger partial charge in [0, 0.05) is 19.1 Å². The van der Waals surface area contributed by atoms with Crippen LogP contribution in [0.2, 0.25) is 0 Å². The van der Waals surface area contributed by atoms with Crippen LogP contribution < -0.4 is 5.32 Å². The molecule has 1 amide bonds. The second-order valence-corrected chi connectivity index (χ2v) is 4.68. The molecule has 0 spiro atoms. The number of amides is 1. The summed E-state index contributed by atoms with van der Waals surface area (Å²) in [6.45, 7) is 2.51. The van der Waals surface area contributed by atoms with Crippen LogP contribution in [0.15, 0.2) is 22.8 Å². The number of hydrogen-bond acceptors (Lipinski definition) is 4. The second-order valence-electron chi connectivity index (χ2n) is 4.68. The fourth-order valence-corrected chi connectivity index (χ4v) is 2.11. The van der Waals surface area contributed by atoms with E-state index >= 15 is 0 Å². The highest BCUT2D eigenvalue weighted by Gasteiger charge is 2.25. The van der Waals surface area contributed by atoms with Crippen molar-refractivity contribution in [1.29, 1.82) is 0 Å². The highest BCUT2D eigenvalue weighted by atomic mass is 16.5. The normalized spacial score (nSPS) is 22.7. The molecular formula is C13H19NO4. The summed E-state index contributed by atoms with van der Waals surface area (Å²) in [4.78, 5) is 11.8. The van der Waals surface area contributed by atoms with Crippen LogP contribution >= 0.6 is 0 Å². The third-order valence-corrected chi connectivity index (χ3v) is 3.06. The van der Waals surface area contributed by atoms with Gasteiger partial charge in [0.1, 0.15) is 18.0 Å². The number of carbonyl (C=O) groups excluding carboxylic acids is 1. The van der Waals surface area contributed by atoms with E-state index in [0.29, 0.717) is 18.8 Å². The van der Waals surface area contributed by atoms with E-state index in [9.17, 15) is 9.90 Å². The quantitative estimate of drug-likeness (QED) is 0.831. The topological polar surface area (TPSA) is 71.7 Å². The summed E-state index contributed by atoms with van der Waals surface area (Å²) >= 11 is 0. The molecule has 2 N–H and O–H groups in total. The van der Waals surface area contributed by atoms with Crippen LogP contribution in [0.4, 0.5) is 0 Å². The first-order valence-corrected chi connectivity index (χ1v) is 6.30. The van der Waals surface area contributed by atoms with Gasteiger partial charge in [-0.1, -0.05) is 0 Å². The van der Waals surface area contributed by atoms with Crippen molar-refractivity contribution in [2.45, 2.75) is 44.4 Å². The lowest BCUT2D eigenvalue weighted by Crippen LogP contribution is -2.40. The average molecular weight is 253 g/mol. The van der Waals surface area contributed by atoms with Crippen LogP contribution in [0, 0.1) is 0 Å². The Kier molecular flexibility index (Phi) is 4.38. The lowest BCUT2D eigenvalue weighted by molar-refractivity contribution is -0.130. The fraction of sp³-hybridized carbons (Fsp3) is 0.615. The number of aliphatic hydroxyl groups is 1. The number of carbonyl (C=O) groups is 1. The van der Waals surface area contributed by atoms with Gasteiger partial charge >= 0.3 is 0 Å². The van der Waals surface area contributed by atoms with Crippen molar-refractivity contribution in [3.63, 3.8) is 0 Å². The molecule has 3 unspecified atom stereocenters. The van der Waals surface area contributed by atoms with Crippen LogP contribution in [-0.4, -0.2) is 29.8 Å². The average Bonchev–Trinajstić information content (AvgIpc) is 3.02. The van der Waals surface area contributed by atoms with Gasteiger partial charge in [0.25, 0.3) is 0 Å². The lowest BCUT2D eigenvalue weighted by atomic mass is 10.1. The van der Waals surface area contributed by atoms with E-state index in [0.717, 1.165) is 12.8 Å². The fourth-order valence-electron chi connectivity index (χ4n) is 2.11. The summed E-state index contributed by atoms with van der Waals surface area (Å²) < 4.78 is 10.4. The second kappa shape index (κ2) is 6.02. The highest BCUT2D eigenvalue weighted by Crippen LogP contribution is 2.19. The zero-order chi connectivity index (χ0) is 13.0. The largest absolute Gasteiger partial charge is 0.467 e. The van der Waals surface area contributed by atoms with Gasteiger partial charge in [0.15, 0.2) is 0 Å². The minimum absolute atomic E-state index is 0.0911. The van der Waals surface area contributed by atoms with E-state index in [2.05, 4.69) is 5.32 Å². The number of rotatable bonds is 5. The van der Waals surface area contributed by atoms with E-state index in [-0.39, 0.29) is 18.1 Å². The molecule has 2 rings (SSSR count). The van der Waals surface area contributed by atoms with Crippen molar-refractivity contribution in [3.8, 4) is 0 Å². The van der Waals surface area contributed by atoms with Crippen LogP contribution in [0.1, 0.15) is 38.1 Å². The van der Waals surface area contributed by atoms with Gasteiger partial charge in [-0.3, -0.25) is 4.79 Å². The Bertz CT molecular complexity index is 370. The molecule has 5 nitrogen and oxygen atoms in total. The van der Waals surface area contributed by atoms with E-state index < -0.39 is 6.10 Å². The molecule has 1 aliphatic heterocycles. The van der Waals surface area contributed by atoms with Crippen LogP contribution in [0.3, 0.4) is 0 Å². The maximum absolute atomic E-state index is 11.8. The maximum Gasteiger partial charge on any atom is 0.249 e. The molecule has 1 saturated heterocycles. The third kappa shape index (κ3) is 3.34. The highest BCUT2D eigenvalue weighted by molar-refractivity contribution is 5.81. The van der Waals surface area contributed by atoms with Crippen LogP contribution in [0.5, 0.6) is 0 Å². The summed E-state index contributed by atoms with van der Waals surface area (Å²) in [5.74, 6) is 0.430. The zero-order valence-corrected chi connectivity index (χ0v) is 10.5. The Morgan fingerprint density at radius 1 is 1.67 bits per heavy atom. The number of hydrogen-bond donors (Lipinski definition) is 2. The van der Waals surface area contributed by atoms with E-state index in [1.54, 1.807) is 12.1 Å². The monoisotopic (exact) mass is 253 g/mol. The van der Waals surface area contributed by atoms with E-state index in [1.165, 1.54) is 6.26 Å². The first-order valence-electron chi connectivity index (χ1n) is 6.30. The van der Waals surface area contributed by atoms with Gasteiger partial charge in [-0.05, 0) is 31.9 Å². The van der Waals surface area contributed by atoms with E-state index in [4.69, 9.17) is 9.15 Å². The Balaban J connectivity index is 1.77. The summed E-state index contributed by atoms with van der Waals surface area (Å²) in [6.07, 6.45) is 2.63. The van der Waals surface area contributed by atoms with Crippen molar-refractivity contribution < 1.29 is 19.1 Å². The predicted octanol–water partition coefficient (Wildman–Crippen LogP) is 1.39. The molecule has 1 aromatic heterocycles. The molecule has 5 heteroatoms. The number of nitrogens with one attached hydrogen (secondary N) is 1. The molecule has 0 saturated carbocycles. The maximum atomic E-state index is 11.8. The minimum Gasteiger partial charge on any atom is -0.467 e. The Morgan fingerprint density at radius 2 is 2.50 bits per heavy atom. The molecule has 1 fully saturated rings. The Labute approximate surface area is 106 Å². The van der Waals surface area contributed by atoms with Crippen molar-refractivity contribution in [2.24, 2.45) is 0 Å². The van der Waals surface area contributed by atoms with Gasteiger partial charge < -0.3 is 19.6 Å². The van der Waals surface area contributed by atoms with Gasteiger partial charge in [-0.2, -0.15) is 0 Å². The Morgan fingerprint density at radius 3 is 3.11 bits per heavy atom. The minimum atomic E-state index is -0.695. The molecule has 3 atom stereocenters. The van der Waals surface area contributed by atoms with Gasteiger partial charge in [-0.15, -0.1) is 0 Å². The first-order chi connectivity index (χ1) is 8.66. The molecule has 1 aromatic rings. The van der Waals surface area contributed by atoms with Gasteiger partial charge in [0.2, 0.25) is 5.91 Å². The number of aliphatic hydroxyl groups excluding tert-OH is 1. The predicted molar refractivity (Wildman–Crippen MR) is 64.9 cm³/mol. The standard InChI is InChI=1S/C13H19NO4/c1-9(8-10(15)11-4-2-6-17-11)14-13(16)12-5-3-7-18-12/h2,4,6,9-10,12,15H,3,5,7-8H2,1H3,(H,14,16). The lowest BCUT2D eigenvalue weighted by Gasteiger charge is -2.18.